The van der Waals surface area contributed by atoms with E-state index in [1.807, 2.05) is 24.3 Å². The topological polar surface area (TPSA) is 76.2 Å². The minimum Gasteiger partial charge on any atom is -0.481 e. The summed E-state index contributed by atoms with van der Waals surface area (Å²) in [6.45, 7) is 0.312. The van der Waals surface area contributed by atoms with Gasteiger partial charge < -0.3 is 10.8 Å². The van der Waals surface area contributed by atoms with Gasteiger partial charge in [0.15, 0.2) is 0 Å². The first-order chi connectivity index (χ1) is 7.70. The summed E-state index contributed by atoms with van der Waals surface area (Å²) in [7, 11) is 0. The van der Waals surface area contributed by atoms with E-state index < -0.39 is 5.97 Å². The molecule has 5 heteroatoms. The van der Waals surface area contributed by atoms with Crippen molar-refractivity contribution >= 4 is 27.5 Å². The maximum Gasteiger partial charge on any atom is 0.304 e. The van der Waals surface area contributed by atoms with Gasteiger partial charge in [-0.25, -0.2) is 4.98 Å². The number of aromatic nitrogens is 1. The number of hydrogen-bond donors (Lipinski definition) is 2. The molecule has 0 amide bonds. The van der Waals surface area contributed by atoms with Crippen molar-refractivity contribution in [3.05, 3.63) is 29.3 Å². The fraction of sp³-hybridized carbons (Fsp3) is 0.273. The molecular formula is C11H12N2O2S. The lowest BCUT2D eigenvalue weighted by molar-refractivity contribution is -0.137. The van der Waals surface area contributed by atoms with E-state index in [0.29, 0.717) is 6.54 Å². The van der Waals surface area contributed by atoms with E-state index in [2.05, 4.69) is 4.98 Å². The quantitative estimate of drug-likeness (QED) is 0.848. The number of rotatable bonds is 4. The molecule has 2 rings (SSSR count). The highest BCUT2D eigenvalue weighted by molar-refractivity contribution is 7.18. The molecule has 0 fully saturated rings. The van der Waals surface area contributed by atoms with Gasteiger partial charge in [0.1, 0.15) is 0 Å². The van der Waals surface area contributed by atoms with Crippen LogP contribution < -0.4 is 5.73 Å². The third-order valence-corrected chi connectivity index (χ3v) is 3.56. The highest BCUT2D eigenvalue weighted by Crippen LogP contribution is 2.28. The van der Waals surface area contributed by atoms with Crippen LogP contribution in [0.15, 0.2) is 24.3 Å². The number of carbonyl (C=O) groups is 1. The first-order valence-electron chi connectivity index (χ1n) is 4.98. The van der Waals surface area contributed by atoms with Crippen molar-refractivity contribution in [2.24, 2.45) is 5.73 Å². The average molecular weight is 236 g/mol. The molecular weight excluding hydrogens is 224 g/mol. The van der Waals surface area contributed by atoms with Gasteiger partial charge in [-0.1, -0.05) is 12.1 Å². The molecule has 0 aliphatic rings. The predicted octanol–water partition coefficient (Wildman–Crippen LogP) is 1.81. The predicted molar refractivity (Wildman–Crippen MR) is 63.7 cm³/mol. The maximum atomic E-state index is 10.7. The third kappa shape index (κ3) is 2.20. The minimum atomic E-state index is -0.838. The van der Waals surface area contributed by atoms with Crippen LogP contribution in [0.5, 0.6) is 0 Å². The van der Waals surface area contributed by atoms with Gasteiger partial charge in [-0.2, -0.15) is 0 Å². The molecule has 0 radical (unpaired) electrons. The van der Waals surface area contributed by atoms with Gasteiger partial charge in [0.05, 0.1) is 21.6 Å². The molecule has 3 N–H and O–H groups in total. The summed E-state index contributed by atoms with van der Waals surface area (Å²) in [5, 5.41) is 9.58. The number of nitrogens with two attached hydrogens (primary N) is 1. The Bertz CT molecular complexity index is 476. The summed E-state index contributed by atoms with van der Waals surface area (Å²) in [5.74, 6) is -1.02. The Morgan fingerprint density at radius 3 is 2.88 bits per heavy atom. The van der Waals surface area contributed by atoms with Gasteiger partial charge in [0.25, 0.3) is 0 Å². The summed E-state index contributed by atoms with van der Waals surface area (Å²) in [4.78, 5) is 15.1. The zero-order chi connectivity index (χ0) is 11.5. The Balaban J connectivity index is 2.34. The van der Waals surface area contributed by atoms with E-state index >= 15 is 0 Å². The number of para-hydroxylation sites is 1. The molecule has 1 heterocycles. The number of carboxylic acids is 1. The second kappa shape index (κ2) is 4.59. The van der Waals surface area contributed by atoms with Crippen molar-refractivity contribution in [2.45, 2.75) is 12.3 Å². The highest BCUT2D eigenvalue weighted by Gasteiger charge is 2.17. The van der Waals surface area contributed by atoms with Gasteiger partial charge in [-0.15, -0.1) is 11.3 Å². The SMILES string of the molecule is NCC(CC(=O)O)c1nc2ccccc2s1. The Morgan fingerprint density at radius 1 is 1.50 bits per heavy atom. The second-order valence-electron chi connectivity index (χ2n) is 3.55. The van der Waals surface area contributed by atoms with Gasteiger partial charge in [0, 0.05) is 12.5 Å². The van der Waals surface area contributed by atoms with E-state index in [1.165, 1.54) is 11.3 Å². The Labute approximate surface area is 96.7 Å². The smallest absolute Gasteiger partial charge is 0.304 e. The molecule has 0 saturated heterocycles. The van der Waals surface area contributed by atoms with Crippen molar-refractivity contribution in [3.63, 3.8) is 0 Å². The van der Waals surface area contributed by atoms with E-state index in [-0.39, 0.29) is 12.3 Å². The summed E-state index contributed by atoms with van der Waals surface area (Å²) in [6, 6.07) is 7.76. The molecule has 16 heavy (non-hydrogen) atoms. The lowest BCUT2D eigenvalue weighted by Crippen LogP contribution is -2.15. The molecule has 0 aliphatic carbocycles. The lowest BCUT2D eigenvalue weighted by Gasteiger charge is -2.07. The number of hydrogen-bond acceptors (Lipinski definition) is 4. The summed E-state index contributed by atoms with van der Waals surface area (Å²) in [5.41, 5.74) is 6.49. The molecule has 0 saturated carbocycles. The van der Waals surface area contributed by atoms with Gasteiger partial charge in [-0.05, 0) is 12.1 Å². The van der Waals surface area contributed by atoms with Crippen LogP contribution in [0.25, 0.3) is 10.2 Å². The summed E-state index contributed by atoms with van der Waals surface area (Å²) < 4.78 is 1.07. The lowest BCUT2D eigenvalue weighted by atomic mass is 10.1. The van der Waals surface area contributed by atoms with Crippen LogP contribution in [0.4, 0.5) is 0 Å². The molecule has 0 aliphatic heterocycles. The average Bonchev–Trinajstić information content (AvgIpc) is 2.68. The van der Waals surface area contributed by atoms with Crippen LogP contribution in [-0.4, -0.2) is 22.6 Å². The Hall–Kier alpha value is -1.46. The molecule has 2 aromatic rings. The molecule has 1 aromatic heterocycles. The molecule has 1 aromatic carbocycles. The van der Waals surface area contributed by atoms with E-state index in [4.69, 9.17) is 10.8 Å². The third-order valence-electron chi connectivity index (χ3n) is 2.37. The Morgan fingerprint density at radius 2 is 2.25 bits per heavy atom. The largest absolute Gasteiger partial charge is 0.481 e. The zero-order valence-corrected chi connectivity index (χ0v) is 9.41. The van der Waals surface area contributed by atoms with Crippen molar-refractivity contribution in [3.8, 4) is 0 Å². The summed E-state index contributed by atoms with van der Waals surface area (Å²) >= 11 is 1.52. The van der Waals surface area contributed by atoms with Crippen molar-refractivity contribution in [1.29, 1.82) is 0 Å². The minimum absolute atomic E-state index is 0.0380. The molecule has 4 nitrogen and oxygen atoms in total. The van der Waals surface area contributed by atoms with Crippen LogP contribution >= 0.6 is 11.3 Å². The second-order valence-corrected chi connectivity index (χ2v) is 4.61. The monoisotopic (exact) mass is 236 g/mol. The highest BCUT2D eigenvalue weighted by atomic mass is 32.1. The molecule has 1 atom stereocenters. The van der Waals surface area contributed by atoms with Crippen molar-refractivity contribution in [1.82, 2.24) is 4.98 Å². The molecule has 84 valence electrons. The number of thiazole rings is 1. The van der Waals surface area contributed by atoms with Crippen LogP contribution in [0.2, 0.25) is 0 Å². The van der Waals surface area contributed by atoms with Crippen LogP contribution in [0.3, 0.4) is 0 Å². The maximum absolute atomic E-state index is 10.7. The first kappa shape index (κ1) is 11.0. The van der Waals surface area contributed by atoms with Gasteiger partial charge in [0.2, 0.25) is 0 Å². The van der Waals surface area contributed by atoms with Crippen LogP contribution in [0.1, 0.15) is 17.3 Å². The van der Waals surface area contributed by atoms with Gasteiger partial charge in [-0.3, -0.25) is 4.79 Å². The number of carboxylic acid groups (broad SMARTS) is 1. The fourth-order valence-corrected chi connectivity index (χ4v) is 2.63. The normalized spacial score (nSPS) is 12.8. The Kier molecular flexibility index (Phi) is 3.17. The number of aliphatic carboxylic acids is 1. The molecule has 0 spiro atoms. The van der Waals surface area contributed by atoms with E-state index in [9.17, 15) is 4.79 Å². The number of fused-ring (bicyclic) bond motifs is 1. The molecule has 1 unspecified atom stereocenters. The van der Waals surface area contributed by atoms with E-state index in [1.54, 1.807) is 0 Å². The van der Waals surface area contributed by atoms with Crippen molar-refractivity contribution < 1.29 is 9.90 Å². The van der Waals surface area contributed by atoms with Crippen molar-refractivity contribution in [2.75, 3.05) is 6.54 Å². The molecule has 0 bridgehead atoms. The number of nitrogens with zero attached hydrogens (tertiary/aromatic N) is 1. The zero-order valence-electron chi connectivity index (χ0n) is 8.59. The van der Waals surface area contributed by atoms with E-state index in [0.717, 1.165) is 15.2 Å². The standard InChI is InChI=1S/C11H12N2O2S/c12-6-7(5-10(14)15)11-13-8-3-1-2-4-9(8)16-11/h1-4,7H,5-6,12H2,(H,14,15). The fourth-order valence-electron chi connectivity index (χ4n) is 1.55. The first-order valence-corrected chi connectivity index (χ1v) is 5.79. The number of benzene rings is 1. The summed E-state index contributed by atoms with van der Waals surface area (Å²) in [6.07, 6.45) is 0.0380. The van der Waals surface area contributed by atoms with Crippen LogP contribution in [0, 0.1) is 0 Å². The van der Waals surface area contributed by atoms with Crippen LogP contribution in [-0.2, 0) is 4.79 Å². The van der Waals surface area contributed by atoms with Gasteiger partial charge >= 0.3 is 5.97 Å².